The molecule has 3 aromatic carbocycles. The summed E-state index contributed by atoms with van der Waals surface area (Å²) in [7, 11) is 0. The van der Waals surface area contributed by atoms with Crippen LogP contribution in [0.3, 0.4) is 0 Å². The summed E-state index contributed by atoms with van der Waals surface area (Å²) in [6, 6.07) is 22.6. The zero-order valence-electron chi connectivity index (χ0n) is 30.3. The second-order valence-electron chi connectivity index (χ2n) is 15.5. The Bertz CT molecular complexity index is 2490. The maximum absolute atomic E-state index is 11.3. The predicted molar refractivity (Wildman–Crippen MR) is 206 cm³/mol. The number of aliphatic hydroxyl groups is 1. The zero-order chi connectivity index (χ0) is 37.1. The van der Waals surface area contributed by atoms with Gasteiger partial charge in [0.1, 0.15) is 17.1 Å². The molecule has 9 rings (SSSR count). The number of carboxylic acid groups (broad SMARTS) is 1. The van der Waals surface area contributed by atoms with Gasteiger partial charge in [0.25, 0.3) is 0 Å². The summed E-state index contributed by atoms with van der Waals surface area (Å²) in [5.41, 5.74) is 10.6. The first kappa shape index (κ1) is 34.1. The van der Waals surface area contributed by atoms with E-state index in [0.717, 1.165) is 101 Å². The van der Waals surface area contributed by atoms with E-state index in [4.69, 9.17) is 14.4 Å². The Morgan fingerprint density at radius 1 is 0.981 bits per heavy atom. The van der Waals surface area contributed by atoms with E-state index in [1.807, 2.05) is 48.7 Å². The van der Waals surface area contributed by atoms with E-state index in [2.05, 4.69) is 58.2 Å². The number of likely N-dealkylation sites (tertiary alicyclic amines) is 2. The molecule has 1 atom stereocenters. The Balaban J connectivity index is 0.960. The van der Waals surface area contributed by atoms with E-state index < -0.39 is 5.97 Å². The molecule has 272 valence electrons. The molecule has 2 aliphatic heterocycles. The van der Waals surface area contributed by atoms with Crippen LogP contribution in [0.4, 0.5) is 11.5 Å². The molecule has 54 heavy (non-hydrogen) atoms. The molecular formula is C43H41N7O4. The molecule has 2 saturated heterocycles. The average molecular weight is 720 g/mol. The van der Waals surface area contributed by atoms with Gasteiger partial charge >= 0.3 is 5.97 Å². The number of nitriles is 1. The number of aliphatic hydroxyl groups excluding tert-OH is 1. The minimum atomic E-state index is -0.690. The Labute approximate surface area is 312 Å². The van der Waals surface area contributed by atoms with Gasteiger partial charge in [-0.1, -0.05) is 24.3 Å². The molecule has 11 nitrogen and oxygen atoms in total. The number of aromatic nitrogens is 3. The summed E-state index contributed by atoms with van der Waals surface area (Å²) >= 11 is 0. The lowest BCUT2D eigenvalue weighted by atomic mass is 9.57. The first-order valence-electron chi connectivity index (χ1n) is 18.5. The van der Waals surface area contributed by atoms with Crippen LogP contribution in [0.15, 0.2) is 77.5 Å². The number of carboxylic acids is 1. The van der Waals surface area contributed by atoms with Crippen LogP contribution in [0.5, 0.6) is 0 Å². The number of hydrogen-bond donors (Lipinski definition) is 3. The molecule has 0 radical (unpaired) electrons. The van der Waals surface area contributed by atoms with Gasteiger partial charge in [-0.3, -0.25) is 19.6 Å². The number of fused-ring (bicyclic) bond motifs is 2. The molecule has 11 heteroatoms. The van der Waals surface area contributed by atoms with Crippen LogP contribution < -0.4 is 5.32 Å². The van der Waals surface area contributed by atoms with Crippen molar-refractivity contribution in [1.29, 1.82) is 5.26 Å². The van der Waals surface area contributed by atoms with Crippen molar-refractivity contribution in [2.45, 2.75) is 52.3 Å². The first-order valence-corrected chi connectivity index (χ1v) is 18.5. The summed E-state index contributed by atoms with van der Waals surface area (Å²) in [6.45, 7) is 8.95. The third kappa shape index (κ3) is 6.16. The van der Waals surface area contributed by atoms with Gasteiger partial charge in [0.05, 0.1) is 17.6 Å². The monoisotopic (exact) mass is 719 g/mol. The third-order valence-corrected chi connectivity index (χ3v) is 11.7. The Morgan fingerprint density at radius 3 is 2.50 bits per heavy atom. The maximum Gasteiger partial charge on any atom is 0.306 e. The van der Waals surface area contributed by atoms with Gasteiger partial charge in [-0.15, -0.1) is 0 Å². The molecule has 3 N–H and O–H groups in total. The number of benzene rings is 3. The van der Waals surface area contributed by atoms with Crippen LogP contribution in [-0.4, -0.2) is 73.2 Å². The molecule has 3 aliphatic rings. The lowest BCUT2D eigenvalue weighted by Gasteiger charge is -2.58. The number of nitrogens with zero attached hydrogens (tertiary/aromatic N) is 6. The topological polar surface area (TPSA) is 152 Å². The molecule has 1 unspecified atom stereocenters. The third-order valence-electron chi connectivity index (χ3n) is 11.7. The fraction of sp³-hybridized carbons (Fsp3) is 0.326. The molecule has 1 saturated carbocycles. The molecule has 3 fully saturated rings. The van der Waals surface area contributed by atoms with Gasteiger partial charge in [-0.05, 0) is 108 Å². The van der Waals surface area contributed by atoms with Crippen LogP contribution in [0, 0.1) is 36.5 Å². The van der Waals surface area contributed by atoms with Crippen molar-refractivity contribution in [3.8, 4) is 28.7 Å². The molecule has 6 aromatic rings. The van der Waals surface area contributed by atoms with Crippen molar-refractivity contribution < 1.29 is 19.4 Å². The summed E-state index contributed by atoms with van der Waals surface area (Å²) in [6.07, 6.45) is 5.76. The van der Waals surface area contributed by atoms with Crippen LogP contribution in [-0.2, 0) is 17.9 Å². The lowest BCUT2D eigenvalue weighted by Crippen LogP contribution is -2.62. The fourth-order valence-corrected chi connectivity index (χ4v) is 8.92. The number of hydrogen-bond acceptors (Lipinski definition) is 10. The number of carbonyl (C=O) groups is 1. The zero-order valence-corrected chi connectivity index (χ0v) is 30.3. The summed E-state index contributed by atoms with van der Waals surface area (Å²) < 4.78 is 6.32. The number of nitrogens with one attached hydrogen (secondary N) is 1. The van der Waals surface area contributed by atoms with Gasteiger partial charge in [-0.2, -0.15) is 5.26 Å². The van der Waals surface area contributed by atoms with Crippen molar-refractivity contribution in [3.63, 3.8) is 0 Å². The van der Waals surface area contributed by atoms with Crippen molar-refractivity contribution >= 4 is 39.5 Å². The van der Waals surface area contributed by atoms with Gasteiger partial charge in [0.2, 0.25) is 5.89 Å². The number of pyridine rings is 2. The van der Waals surface area contributed by atoms with E-state index in [1.54, 1.807) is 6.20 Å². The number of β-amino-alcohol motifs (C(OH)–C–C–N with tert-alkyl or cyclic N) is 1. The number of oxazole rings is 1. The molecular weight excluding hydrogens is 679 g/mol. The van der Waals surface area contributed by atoms with Crippen molar-refractivity contribution in [2.75, 3.05) is 31.5 Å². The lowest BCUT2D eigenvalue weighted by molar-refractivity contribution is -0.161. The summed E-state index contributed by atoms with van der Waals surface area (Å²) in [5.74, 6) is 0.248. The Hall–Kier alpha value is -5.67. The quantitative estimate of drug-likeness (QED) is 0.139. The minimum absolute atomic E-state index is 0.136. The normalized spacial score (nSPS) is 18.5. The molecule has 0 amide bonds. The highest BCUT2D eigenvalue weighted by molar-refractivity contribution is 5.91. The summed E-state index contributed by atoms with van der Waals surface area (Å²) in [4.78, 5) is 30.2. The molecule has 0 bridgehead atoms. The standard InChI is InChI=1S/C43H41N7O4/c1-25-33(34-6-4-8-36(26(34)2)47-40-38-29(9-11-45-40)14-28(19-46-38)21-49-12-10-32(51)22-49)5-3-7-35(25)41-48-37-15-27(13-30(18-44)39(37)54-41)20-50-23-43(24-50)16-31(17-43)42(52)53/h3-9,11,13-15,19,31-32,51H,10,12,16-17,20-24H2,1-2H3,(H,45,47)(H,52,53). The van der Waals surface area contributed by atoms with Gasteiger partial charge < -0.3 is 19.9 Å². The Kier molecular flexibility index (Phi) is 8.42. The highest BCUT2D eigenvalue weighted by atomic mass is 16.4. The number of aliphatic carboxylic acids is 1. The Morgan fingerprint density at radius 2 is 1.74 bits per heavy atom. The van der Waals surface area contributed by atoms with Crippen molar-refractivity contribution in [2.24, 2.45) is 11.3 Å². The van der Waals surface area contributed by atoms with E-state index in [0.29, 0.717) is 41.5 Å². The van der Waals surface area contributed by atoms with Crippen LogP contribution in [0.1, 0.15) is 47.1 Å². The second kappa shape index (κ2) is 13.3. The highest BCUT2D eigenvalue weighted by Crippen LogP contribution is 2.52. The highest BCUT2D eigenvalue weighted by Gasteiger charge is 2.54. The minimum Gasteiger partial charge on any atom is -0.481 e. The van der Waals surface area contributed by atoms with Crippen LogP contribution in [0.2, 0.25) is 0 Å². The second-order valence-corrected chi connectivity index (χ2v) is 15.5. The van der Waals surface area contributed by atoms with Crippen molar-refractivity contribution in [3.05, 3.63) is 101 Å². The number of rotatable bonds is 9. The fourth-order valence-electron chi connectivity index (χ4n) is 8.92. The van der Waals surface area contributed by atoms with Crippen LogP contribution >= 0.6 is 0 Å². The average Bonchev–Trinajstić information content (AvgIpc) is 3.74. The predicted octanol–water partition coefficient (Wildman–Crippen LogP) is 7.20. The number of anilines is 2. The maximum atomic E-state index is 11.3. The largest absolute Gasteiger partial charge is 0.481 e. The van der Waals surface area contributed by atoms with E-state index >= 15 is 0 Å². The first-order chi connectivity index (χ1) is 26.1. The summed E-state index contributed by atoms with van der Waals surface area (Å²) in [5, 5.41) is 33.9. The molecule has 5 heterocycles. The van der Waals surface area contributed by atoms with Gasteiger partial charge in [0.15, 0.2) is 11.4 Å². The van der Waals surface area contributed by atoms with E-state index in [1.165, 1.54) is 0 Å². The van der Waals surface area contributed by atoms with Gasteiger partial charge in [0, 0.05) is 68.3 Å². The van der Waals surface area contributed by atoms with E-state index in [-0.39, 0.29) is 17.4 Å². The molecule has 1 spiro atoms. The van der Waals surface area contributed by atoms with E-state index in [9.17, 15) is 20.3 Å². The molecule has 1 aliphatic carbocycles. The smallest absolute Gasteiger partial charge is 0.306 e. The van der Waals surface area contributed by atoms with Gasteiger partial charge in [-0.25, -0.2) is 9.97 Å². The SMILES string of the molecule is Cc1c(Nc2nccc3cc(CN4CCC(O)C4)cnc23)cccc1-c1cccc(-c2nc3cc(CN4CC5(CC(C(=O)O)C5)C4)cc(C#N)c3o2)c1C. The molecule has 3 aromatic heterocycles. The van der Waals surface area contributed by atoms with Crippen molar-refractivity contribution in [1.82, 2.24) is 24.8 Å². The van der Waals surface area contributed by atoms with Crippen LogP contribution in [0.25, 0.3) is 44.6 Å².